The smallest absolute Gasteiger partial charge is 0.242 e. The highest BCUT2D eigenvalue weighted by atomic mass is 35.5. The van der Waals surface area contributed by atoms with E-state index in [4.69, 9.17) is 23.2 Å². The van der Waals surface area contributed by atoms with Crippen LogP contribution in [0.15, 0.2) is 76.3 Å². The van der Waals surface area contributed by atoms with E-state index < -0.39 is 33.4 Å². The van der Waals surface area contributed by atoms with E-state index in [-0.39, 0.29) is 23.7 Å². The number of aromatic nitrogens is 1. The molecule has 2 N–H and O–H groups in total. The molecule has 0 radical (unpaired) electrons. The predicted octanol–water partition coefficient (Wildman–Crippen LogP) is 6.97. The Kier molecular flexibility index (Phi) is 7.22. The van der Waals surface area contributed by atoms with Crippen molar-refractivity contribution in [2.24, 2.45) is 0 Å². The van der Waals surface area contributed by atoms with Crippen molar-refractivity contribution in [3.8, 4) is 0 Å². The Morgan fingerprint density at radius 2 is 1.86 bits per heavy atom. The van der Waals surface area contributed by atoms with Gasteiger partial charge in [-0.05, 0) is 58.8 Å². The van der Waals surface area contributed by atoms with Crippen LogP contribution in [0.25, 0.3) is 0 Å². The van der Waals surface area contributed by atoms with Crippen molar-refractivity contribution in [3.63, 3.8) is 0 Å². The number of rotatable bonds is 6. The summed E-state index contributed by atoms with van der Waals surface area (Å²) in [6.45, 7) is 0. The molecule has 0 aliphatic carbocycles. The van der Waals surface area contributed by atoms with Crippen LogP contribution >= 0.6 is 46.3 Å². The normalized spacial score (nSPS) is 19.5. The van der Waals surface area contributed by atoms with E-state index >= 15 is 0 Å². The number of hydrogen-bond donors (Lipinski definition) is 2. The van der Waals surface area contributed by atoms with Gasteiger partial charge in [0, 0.05) is 11.3 Å². The van der Waals surface area contributed by atoms with Gasteiger partial charge in [-0.3, -0.25) is 9.59 Å². The van der Waals surface area contributed by atoms with Crippen molar-refractivity contribution < 1.29 is 18.4 Å². The van der Waals surface area contributed by atoms with Crippen LogP contribution in [0.5, 0.6) is 0 Å². The Hall–Kier alpha value is -2.98. The molecule has 2 atom stereocenters. The summed E-state index contributed by atoms with van der Waals surface area (Å²) in [6, 6.07) is 16.1. The van der Waals surface area contributed by atoms with E-state index in [2.05, 4.69) is 15.6 Å². The number of ketones is 1. The molecule has 37 heavy (non-hydrogen) atoms. The van der Waals surface area contributed by atoms with Gasteiger partial charge in [-0.1, -0.05) is 41.4 Å². The fourth-order valence-electron chi connectivity index (χ4n) is 4.09. The highest BCUT2D eigenvalue weighted by molar-refractivity contribution is 8.01. The summed E-state index contributed by atoms with van der Waals surface area (Å²) >= 11 is 14.7. The van der Waals surface area contributed by atoms with Gasteiger partial charge in [0.05, 0.1) is 16.4 Å². The first-order valence-corrected chi connectivity index (χ1v) is 13.5. The molecule has 0 saturated carbocycles. The average molecular weight is 576 g/mol. The molecule has 1 amide bonds. The lowest BCUT2D eigenvalue weighted by atomic mass is 9.79. The number of nitrogens with zero attached hydrogens (tertiary/aromatic N) is 1. The standard InChI is InChI=1S/C26H17Cl2F2N3O2S2/c27-15-4-1-2-5-19(15)37-24-18(34)12-26(33-25(24)35,14-10-11-36-13-14)20-6-3-7-21(32-20)31-17-9-8-16(29)23(30)22(17)28/h1-11,13,24H,12H2,(H,31,32)(H,33,35). The summed E-state index contributed by atoms with van der Waals surface area (Å²) in [5.41, 5.74) is 0.00416. The molecule has 5 rings (SSSR count). The first-order valence-electron chi connectivity index (χ1n) is 10.9. The quantitative estimate of drug-likeness (QED) is 0.192. The Morgan fingerprint density at radius 3 is 2.59 bits per heavy atom. The highest BCUT2D eigenvalue weighted by Gasteiger charge is 2.48. The molecule has 1 aliphatic rings. The van der Waals surface area contributed by atoms with Crippen LogP contribution in [0.1, 0.15) is 17.7 Å². The summed E-state index contributed by atoms with van der Waals surface area (Å²) < 4.78 is 27.4. The van der Waals surface area contributed by atoms with Gasteiger partial charge in [0.25, 0.3) is 0 Å². The third kappa shape index (κ3) is 4.96. The average Bonchev–Trinajstić information content (AvgIpc) is 3.43. The van der Waals surface area contributed by atoms with E-state index in [0.717, 1.165) is 17.8 Å². The van der Waals surface area contributed by atoms with Gasteiger partial charge in [0.15, 0.2) is 17.4 Å². The molecule has 1 fully saturated rings. The molecular weight excluding hydrogens is 559 g/mol. The zero-order valence-corrected chi connectivity index (χ0v) is 21.9. The van der Waals surface area contributed by atoms with E-state index in [1.54, 1.807) is 42.5 Å². The van der Waals surface area contributed by atoms with Crippen LogP contribution in [0.4, 0.5) is 20.3 Å². The number of pyridine rings is 1. The fraction of sp³-hybridized carbons (Fsp3) is 0.115. The zero-order valence-electron chi connectivity index (χ0n) is 18.8. The number of thiophene rings is 1. The van der Waals surface area contributed by atoms with Crippen LogP contribution in [0.3, 0.4) is 0 Å². The van der Waals surface area contributed by atoms with Crippen LogP contribution in [0.2, 0.25) is 10.0 Å². The molecule has 3 heterocycles. The second-order valence-corrected chi connectivity index (χ2v) is 10.9. The van der Waals surface area contributed by atoms with E-state index in [1.165, 1.54) is 17.4 Å². The van der Waals surface area contributed by atoms with Gasteiger partial charge in [-0.25, -0.2) is 13.8 Å². The van der Waals surface area contributed by atoms with Gasteiger partial charge in [0.2, 0.25) is 5.91 Å². The predicted molar refractivity (Wildman–Crippen MR) is 143 cm³/mol. The van der Waals surface area contributed by atoms with Crippen molar-refractivity contribution in [1.82, 2.24) is 10.3 Å². The molecule has 2 aromatic carbocycles. The third-order valence-corrected chi connectivity index (χ3v) is 8.70. The Balaban J connectivity index is 1.49. The summed E-state index contributed by atoms with van der Waals surface area (Å²) in [6.07, 6.45) is -0.0417. The second kappa shape index (κ2) is 10.4. The van der Waals surface area contributed by atoms with Crippen molar-refractivity contribution in [2.45, 2.75) is 22.1 Å². The number of nitrogens with one attached hydrogen (secondary N) is 2. The van der Waals surface area contributed by atoms with Crippen LogP contribution < -0.4 is 10.6 Å². The zero-order chi connectivity index (χ0) is 26.2. The van der Waals surface area contributed by atoms with Gasteiger partial charge in [-0.2, -0.15) is 11.3 Å². The summed E-state index contributed by atoms with van der Waals surface area (Å²) in [5, 5.41) is 8.70. The molecule has 0 bridgehead atoms. The fourth-order valence-corrected chi connectivity index (χ4v) is 6.27. The van der Waals surface area contributed by atoms with Crippen LogP contribution in [-0.2, 0) is 15.1 Å². The minimum Gasteiger partial charge on any atom is -0.339 e. The van der Waals surface area contributed by atoms with E-state index in [1.807, 2.05) is 16.8 Å². The SMILES string of the molecule is O=C1CC(c2ccsc2)(c2cccc(Nc3ccc(F)c(F)c3Cl)n2)NC(=O)C1Sc1ccccc1Cl. The number of Topliss-reactive ketones (excluding diaryl/α,β-unsaturated/α-hetero) is 1. The first kappa shape index (κ1) is 25.7. The van der Waals surface area contributed by atoms with Crippen molar-refractivity contribution in [3.05, 3.63) is 104 Å². The number of carbonyl (C=O) groups excluding carboxylic acids is 2. The van der Waals surface area contributed by atoms with Crippen molar-refractivity contribution in [1.29, 1.82) is 0 Å². The minimum absolute atomic E-state index is 0.0417. The number of thioether (sulfide) groups is 1. The number of benzene rings is 2. The Bertz CT molecular complexity index is 1480. The van der Waals surface area contributed by atoms with Gasteiger partial charge in [-0.15, -0.1) is 11.8 Å². The number of piperidine rings is 1. The molecular formula is C26H17Cl2F2N3O2S2. The summed E-state index contributed by atoms with van der Waals surface area (Å²) in [5.74, 6) is -2.71. The number of halogens is 4. The second-order valence-electron chi connectivity index (χ2n) is 8.23. The maximum absolute atomic E-state index is 14.0. The molecule has 2 unspecified atom stereocenters. The monoisotopic (exact) mass is 575 g/mol. The molecule has 11 heteroatoms. The number of anilines is 2. The lowest BCUT2D eigenvalue weighted by Gasteiger charge is -2.39. The maximum atomic E-state index is 14.0. The van der Waals surface area contributed by atoms with Gasteiger partial charge < -0.3 is 10.6 Å². The first-order chi connectivity index (χ1) is 17.8. The molecule has 1 aliphatic heterocycles. The minimum atomic E-state index is -1.22. The van der Waals surface area contributed by atoms with Gasteiger partial charge in [0.1, 0.15) is 21.6 Å². The van der Waals surface area contributed by atoms with Crippen LogP contribution in [-0.4, -0.2) is 21.9 Å². The third-order valence-electron chi connectivity index (χ3n) is 5.89. The molecule has 188 valence electrons. The summed E-state index contributed by atoms with van der Waals surface area (Å²) in [7, 11) is 0. The lowest BCUT2D eigenvalue weighted by Crippen LogP contribution is -2.58. The lowest BCUT2D eigenvalue weighted by molar-refractivity contribution is -0.133. The topological polar surface area (TPSA) is 71.1 Å². The van der Waals surface area contributed by atoms with E-state index in [9.17, 15) is 18.4 Å². The van der Waals surface area contributed by atoms with Crippen molar-refractivity contribution >= 4 is 69.5 Å². The number of carbonyl (C=O) groups is 2. The maximum Gasteiger partial charge on any atom is 0.242 e. The highest BCUT2D eigenvalue weighted by Crippen LogP contribution is 2.41. The number of amides is 1. The largest absolute Gasteiger partial charge is 0.339 e. The van der Waals surface area contributed by atoms with E-state index in [0.29, 0.717) is 21.2 Å². The molecule has 5 nitrogen and oxygen atoms in total. The van der Waals surface area contributed by atoms with Gasteiger partial charge >= 0.3 is 0 Å². The van der Waals surface area contributed by atoms with Crippen LogP contribution in [0, 0.1) is 11.6 Å². The molecule has 4 aromatic rings. The summed E-state index contributed by atoms with van der Waals surface area (Å²) in [4.78, 5) is 32.1. The Labute approximate surface area is 229 Å². The van der Waals surface area contributed by atoms with Crippen molar-refractivity contribution in [2.75, 3.05) is 5.32 Å². The molecule has 2 aromatic heterocycles. The molecule has 0 spiro atoms. The number of hydrogen-bond acceptors (Lipinski definition) is 6. The Morgan fingerprint density at radius 1 is 1.05 bits per heavy atom. The molecule has 1 saturated heterocycles.